The third-order valence-corrected chi connectivity index (χ3v) is 4.35. The molecule has 1 aromatic heterocycles. The number of aromatic nitrogens is 1. The van der Waals surface area contributed by atoms with Crippen LogP contribution in [0, 0.1) is 0 Å². The number of nitrogens with zero attached hydrogens (tertiary/aromatic N) is 2. The Morgan fingerprint density at radius 3 is 2.38 bits per heavy atom. The van der Waals surface area contributed by atoms with E-state index in [1.807, 2.05) is 18.3 Å². The average Bonchev–Trinajstić information content (AvgIpc) is 3.16. The van der Waals surface area contributed by atoms with Crippen molar-refractivity contribution in [3.63, 3.8) is 0 Å². The quantitative estimate of drug-likeness (QED) is 0.847. The first kappa shape index (κ1) is 16.6. The van der Waals surface area contributed by atoms with E-state index in [0.717, 1.165) is 43.5 Å². The van der Waals surface area contributed by atoms with Gasteiger partial charge in [-0.15, -0.1) is 0 Å². The summed E-state index contributed by atoms with van der Waals surface area (Å²) >= 11 is 0. The monoisotopic (exact) mass is 327 g/mol. The van der Waals surface area contributed by atoms with Crippen LogP contribution >= 0.6 is 0 Å². The number of ether oxygens (including phenoxy) is 2. The molecule has 2 heterocycles. The third kappa shape index (κ3) is 3.97. The molecule has 1 aliphatic heterocycles. The van der Waals surface area contributed by atoms with Crippen molar-refractivity contribution in [2.24, 2.45) is 0 Å². The highest BCUT2D eigenvalue weighted by molar-refractivity contribution is 5.43. The summed E-state index contributed by atoms with van der Waals surface area (Å²) in [5.74, 6) is 2.61. The summed E-state index contributed by atoms with van der Waals surface area (Å²) in [5, 5.41) is 3.48. The molecular formula is C19H25N3O2. The summed E-state index contributed by atoms with van der Waals surface area (Å²) in [6.45, 7) is 3.84. The first-order valence-corrected chi connectivity index (χ1v) is 8.41. The van der Waals surface area contributed by atoms with Gasteiger partial charge in [-0.05, 0) is 48.2 Å². The lowest BCUT2D eigenvalue weighted by Crippen LogP contribution is -2.19. The summed E-state index contributed by atoms with van der Waals surface area (Å²) < 4.78 is 10.6. The van der Waals surface area contributed by atoms with E-state index in [0.29, 0.717) is 0 Å². The van der Waals surface area contributed by atoms with Crippen LogP contribution in [0.2, 0.25) is 0 Å². The van der Waals surface area contributed by atoms with E-state index in [-0.39, 0.29) is 0 Å². The van der Waals surface area contributed by atoms with Crippen LogP contribution in [-0.4, -0.2) is 32.3 Å². The second kappa shape index (κ2) is 8.02. The fourth-order valence-electron chi connectivity index (χ4n) is 3.03. The van der Waals surface area contributed by atoms with E-state index in [1.54, 1.807) is 14.2 Å². The average molecular weight is 327 g/mol. The molecule has 1 saturated heterocycles. The maximum absolute atomic E-state index is 5.35. The van der Waals surface area contributed by atoms with Gasteiger partial charge in [0.25, 0.3) is 0 Å². The smallest absolute Gasteiger partial charge is 0.161 e. The number of nitrogens with one attached hydrogen (secondary N) is 1. The van der Waals surface area contributed by atoms with Gasteiger partial charge < -0.3 is 19.7 Å². The lowest BCUT2D eigenvalue weighted by atomic mass is 10.2. The molecule has 2 aromatic rings. The Morgan fingerprint density at radius 1 is 0.958 bits per heavy atom. The first-order chi connectivity index (χ1) is 11.8. The molecule has 24 heavy (non-hydrogen) atoms. The van der Waals surface area contributed by atoms with Crippen LogP contribution in [0.25, 0.3) is 0 Å². The predicted molar refractivity (Wildman–Crippen MR) is 95.8 cm³/mol. The van der Waals surface area contributed by atoms with E-state index in [2.05, 4.69) is 33.4 Å². The van der Waals surface area contributed by atoms with E-state index in [4.69, 9.17) is 9.47 Å². The minimum absolute atomic E-state index is 0.755. The minimum atomic E-state index is 0.755. The molecule has 128 valence electrons. The van der Waals surface area contributed by atoms with Gasteiger partial charge in [-0.1, -0.05) is 6.07 Å². The van der Waals surface area contributed by atoms with Crippen LogP contribution in [0.4, 0.5) is 5.82 Å². The van der Waals surface area contributed by atoms with Crippen molar-refractivity contribution < 1.29 is 9.47 Å². The Kier molecular flexibility index (Phi) is 5.54. The van der Waals surface area contributed by atoms with Gasteiger partial charge >= 0.3 is 0 Å². The van der Waals surface area contributed by atoms with Gasteiger partial charge in [0.15, 0.2) is 11.5 Å². The molecule has 0 unspecified atom stereocenters. The molecule has 5 heteroatoms. The zero-order valence-electron chi connectivity index (χ0n) is 14.4. The van der Waals surface area contributed by atoms with Gasteiger partial charge in [0.2, 0.25) is 0 Å². The van der Waals surface area contributed by atoms with Crippen molar-refractivity contribution in [3.8, 4) is 11.5 Å². The van der Waals surface area contributed by atoms with Crippen LogP contribution in [0.1, 0.15) is 24.0 Å². The van der Waals surface area contributed by atoms with E-state index < -0.39 is 0 Å². The second-order valence-corrected chi connectivity index (χ2v) is 6.01. The number of anilines is 1. The zero-order valence-corrected chi connectivity index (χ0v) is 14.4. The highest BCUT2D eigenvalue weighted by Gasteiger charge is 2.13. The predicted octanol–water partition coefficient (Wildman–Crippen LogP) is 2.99. The molecule has 1 N–H and O–H groups in total. The maximum Gasteiger partial charge on any atom is 0.161 e. The second-order valence-electron chi connectivity index (χ2n) is 6.01. The molecular weight excluding hydrogens is 302 g/mol. The van der Waals surface area contributed by atoms with Crippen molar-refractivity contribution in [3.05, 3.63) is 47.7 Å². The number of hydrogen-bond acceptors (Lipinski definition) is 5. The highest BCUT2D eigenvalue weighted by Crippen LogP contribution is 2.27. The van der Waals surface area contributed by atoms with Gasteiger partial charge in [-0.3, -0.25) is 0 Å². The Hall–Kier alpha value is -2.27. The molecule has 1 aromatic carbocycles. The van der Waals surface area contributed by atoms with Crippen LogP contribution in [0.3, 0.4) is 0 Å². The maximum atomic E-state index is 5.35. The van der Waals surface area contributed by atoms with Gasteiger partial charge in [-0.25, -0.2) is 4.98 Å². The topological polar surface area (TPSA) is 46.6 Å². The lowest BCUT2D eigenvalue weighted by Gasteiger charge is -2.17. The molecule has 0 aliphatic carbocycles. The molecule has 0 bridgehead atoms. The largest absolute Gasteiger partial charge is 0.493 e. The van der Waals surface area contributed by atoms with Gasteiger partial charge in [0.05, 0.1) is 14.2 Å². The number of benzene rings is 1. The Morgan fingerprint density at radius 2 is 1.67 bits per heavy atom. The van der Waals surface area contributed by atoms with Gasteiger partial charge in [0, 0.05) is 32.4 Å². The number of rotatable bonds is 7. The van der Waals surface area contributed by atoms with Crippen LogP contribution < -0.4 is 19.7 Å². The lowest BCUT2D eigenvalue weighted by molar-refractivity contribution is 0.354. The van der Waals surface area contributed by atoms with E-state index >= 15 is 0 Å². The Labute approximate surface area is 143 Å². The SMILES string of the molecule is COc1ccc(CNCc2ccnc(N3CCCC3)c2)cc1OC. The van der Waals surface area contributed by atoms with Crippen LogP contribution in [0.5, 0.6) is 11.5 Å². The molecule has 0 saturated carbocycles. The Balaban J connectivity index is 1.57. The fourth-order valence-corrected chi connectivity index (χ4v) is 3.03. The van der Waals surface area contributed by atoms with Crippen LogP contribution in [0.15, 0.2) is 36.5 Å². The van der Waals surface area contributed by atoms with Crippen molar-refractivity contribution in [2.45, 2.75) is 25.9 Å². The van der Waals surface area contributed by atoms with Crippen molar-refractivity contribution in [1.29, 1.82) is 0 Å². The van der Waals surface area contributed by atoms with Crippen molar-refractivity contribution in [2.75, 3.05) is 32.2 Å². The molecule has 3 rings (SSSR count). The molecule has 5 nitrogen and oxygen atoms in total. The van der Waals surface area contributed by atoms with Gasteiger partial charge in [-0.2, -0.15) is 0 Å². The number of hydrogen-bond donors (Lipinski definition) is 1. The number of methoxy groups -OCH3 is 2. The van der Waals surface area contributed by atoms with Crippen molar-refractivity contribution >= 4 is 5.82 Å². The standard InChI is InChI=1S/C19H25N3O2/c1-23-17-6-5-15(11-18(17)24-2)13-20-14-16-7-8-21-19(12-16)22-9-3-4-10-22/h5-8,11-12,20H,3-4,9-10,13-14H2,1-2H3. The Bertz CT molecular complexity index is 669. The number of pyridine rings is 1. The molecule has 0 radical (unpaired) electrons. The fraction of sp³-hybridized carbons (Fsp3) is 0.421. The highest BCUT2D eigenvalue weighted by atomic mass is 16.5. The third-order valence-electron chi connectivity index (χ3n) is 4.35. The first-order valence-electron chi connectivity index (χ1n) is 8.41. The molecule has 1 aliphatic rings. The summed E-state index contributed by atoms with van der Waals surface area (Å²) in [6, 6.07) is 10.3. The molecule has 0 spiro atoms. The van der Waals surface area contributed by atoms with E-state index in [1.165, 1.54) is 24.0 Å². The van der Waals surface area contributed by atoms with E-state index in [9.17, 15) is 0 Å². The molecule has 0 atom stereocenters. The summed E-state index contributed by atoms with van der Waals surface area (Å²) in [6.07, 6.45) is 4.44. The van der Waals surface area contributed by atoms with Crippen molar-refractivity contribution in [1.82, 2.24) is 10.3 Å². The zero-order chi connectivity index (χ0) is 16.8. The van der Waals surface area contributed by atoms with Gasteiger partial charge in [0.1, 0.15) is 5.82 Å². The van der Waals surface area contributed by atoms with Crippen LogP contribution in [-0.2, 0) is 13.1 Å². The molecule has 1 fully saturated rings. The summed E-state index contributed by atoms with van der Waals surface area (Å²) in [7, 11) is 3.31. The summed E-state index contributed by atoms with van der Waals surface area (Å²) in [4.78, 5) is 6.86. The minimum Gasteiger partial charge on any atom is -0.493 e. The molecule has 0 amide bonds. The summed E-state index contributed by atoms with van der Waals surface area (Å²) in [5.41, 5.74) is 2.42. The normalized spacial score (nSPS) is 14.0.